The van der Waals surface area contributed by atoms with Crippen LogP contribution in [0.5, 0.6) is 0 Å². The minimum atomic E-state index is -1.53. The SMILES string of the molecule is Cl[As]1SCc2cccc3c(cccc23)CS[As](Cl)SCc2cccc3c(cccc23)CS1. The van der Waals surface area contributed by atoms with Crippen molar-refractivity contribution in [2.45, 2.75) is 23.0 Å². The second-order valence-electron chi connectivity index (χ2n) is 7.38. The number of hydrogen-bond acceptors (Lipinski definition) is 4. The molecule has 0 aromatic heterocycles. The van der Waals surface area contributed by atoms with Crippen LogP contribution in [-0.2, 0) is 23.0 Å². The van der Waals surface area contributed by atoms with Crippen molar-refractivity contribution in [1.82, 2.24) is 0 Å². The van der Waals surface area contributed by atoms with Gasteiger partial charge in [0.05, 0.1) is 0 Å². The summed E-state index contributed by atoms with van der Waals surface area (Å²) < 4.78 is 0. The molecule has 32 heavy (non-hydrogen) atoms. The van der Waals surface area contributed by atoms with Crippen molar-refractivity contribution in [3.63, 3.8) is 0 Å². The molecule has 0 N–H and O–H groups in total. The third-order valence-corrected chi connectivity index (χ3v) is 29.1. The van der Waals surface area contributed by atoms with Crippen LogP contribution in [0, 0.1) is 0 Å². The molecule has 0 aliphatic carbocycles. The van der Waals surface area contributed by atoms with Gasteiger partial charge in [-0.1, -0.05) is 0 Å². The van der Waals surface area contributed by atoms with E-state index >= 15 is 0 Å². The fourth-order valence-corrected chi connectivity index (χ4v) is 21.7. The molecule has 1 aliphatic heterocycles. The Bertz CT molecular complexity index is 1060. The van der Waals surface area contributed by atoms with E-state index in [0.717, 1.165) is 23.0 Å². The molecule has 8 bridgehead atoms. The maximum atomic E-state index is 6.90. The van der Waals surface area contributed by atoms with E-state index in [1.54, 1.807) is 0 Å². The summed E-state index contributed by atoms with van der Waals surface area (Å²) in [7, 11) is 21.6. The minimum absolute atomic E-state index is 0.979. The van der Waals surface area contributed by atoms with Crippen molar-refractivity contribution < 1.29 is 0 Å². The van der Waals surface area contributed by atoms with Crippen molar-refractivity contribution in [3.05, 3.63) is 95.1 Å². The number of benzene rings is 4. The van der Waals surface area contributed by atoms with Crippen molar-refractivity contribution in [2.75, 3.05) is 0 Å². The molecule has 4 aromatic rings. The quantitative estimate of drug-likeness (QED) is 0.173. The summed E-state index contributed by atoms with van der Waals surface area (Å²) >= 11 is -3.07. The number of halogens is 2. The van der Waals surface area contributed by atoms with Gasteiger partial charge >= 0.3 is 222 Å². The monoisotopic (exact) mass is 656 g/mol. The summed E-state index contributed by atoms with van der Waals surface area (Å²) in [6, 6.07) is 26.9. The van der Waals surface area contributed by atoms with Gasteiger partial charge in [0, 0.05) is 0 Å². The first-order chi connectivity index (χ1) is 15.7. The molecule has 0 radical (unpaired) electrons. The third kappa shape index (κ3) is 5.66. The zero-order chi connectivity index (χ0) is 21.9. The molecule has 8 heteroatoms. The van der Waals surface area contributed by atoms with Crippen LogP contribution in [-0.4, -0.2) is 22.8 Å². The fourth-order valence-electron chi connectivity index (χ4n) is 3.94. The zero-order valence-corrected chi connectivity index (χ0v) is 25.6. The standard InChI is InChI=1S/C24H20As2Cl2S4/c27-25-29-13-17-5-1-9-21-18(6-2-10-22(17)21)14-30-26(28)32-16-20-8-4-11-23-19(15-31-25)7-3-12-24(20)23/h1-12H,13-16H2. The fraction of sp³-hybridized carbons (Fsp3) is 0.167. The molecule has 5 rings (SSSR count). The van der Waals surface area contributed by atoms with Crippen LogP contribution in [0.4, 0.5) is 0 Å². The van der Waals surface area contributed by atoms with Gasteiger partial charge in [-0.05, 0) is 0 Å². The Morgan fingerprint density at radius 1 is 0.438 bits per heavy atom. The van der Waals surface area contributed by atoms with Gasteiger partial charge in [-0.3, -0.25) is 0 Å². The molecule has 0 spiro atoms. The average molecular weight is 657 g/mol. The van der Waals surface area contributed by atoms with Gasteiger partial charge in [-0.25, -0.2) is 0 Å². The van der Waals surface area contributed by atoms with Gasteiger partial charge in [-0.2, -0.15) is 0 Å². The summed E-state index contributed by atoms with van der Waals surface area (Å²) in [5.74, 6) is 3.92. The first-order valence-corrected chi connectivity index (χ1v) is 28.0. The van der Waals surface area contributed by atoms with E-state index in [4.69, 9.17) is 19.9 Å². The van der Waals surface area contributed by atoms with E-state index in [-0.39, 0.29) is 0 Å². The summed E-state index contributed by atoms with van der Waals surface area (Å²) in [6.07, 6.45) is 0. The molecule has 1 aliphatic rings. The molecule has 1 heterocycles. The molecule has 0 amide bonds. The molecule has 0 saturated carbocycles. The number of hydrogen-bond donors (Lipinski definition) is 0. The summed E-state index contributed by atoms with van der Waals surface area (Å²) in [6.45, 7) is 0. The number of rotatable bonds is 0. The predicted molar refractivity (Wildman–Crippen MR) is 156 cm³/mol. The van der Waals surface area contributed by atoms with Crippen LogP contribution < -0.4 is 0 Å². The molecule has 0 saturated heterocycles. The normalized spacial score (nSPS) is 20.4. The predicted octanol–water partition coefficient (Wildman–Crippen LogP) is 9.09. The Morgan fingerprint density at radius 2 is 0.688 bits per heavy atom. The van der Waals surface area contributed by atoms with Crippen molar-refractivity contribution >= 4 is 104 Å². The van der Waals surface area contributed by atoms with E-state index in [1.807, 2.05) is 40.1 Å². The maximum absolute atomic E-state index is 6.90. The van der Waals surface area contributed by atoms with Crippen LogP contribution >= 0.6 is 60.0 Å². The summed E-state index contributed by atoms with van der Waals surface area (Å²) in [5, 5.41) is 5.46. The van der Waals surface area contributed by atoms with E-state index in [2.05, 4.69) is 72.8 Å². The Kier molecular flexibility index (Phi) is 8.69. The summed E-state index contributed by atoms with van der Waals surface area (Å²) in [5.41, 5.74) is 5.58. The van der Waals surface area contributed by atoms with Gasteiger partial charge in [-0.15, -0.1) is 0 Å². The second-order valence-corrected chi connectivity index (χ2v) is 35.5. The van der Waals surface area contributed by atoms with Crippen LogP contribution in [0.1, 0.15) is 22.3 Å². The average Bonchev–Trinajstić information content (AvgIpc) is 2.83. The Morgan fingerprint density at radius 3 is 0.938 bits per heavy atom. The van der Waals surface area contributed by atoms with E-state index < -0.39 is 22.8 Å². The van der Waals surface area contributed by atoms with Crippen LogP contribution in [0.2, 0.25) is 0 Å². The molecule has 4 aromatic carbocycles. The van der Waals surface area contributed by atoms with Crippen molar-refractivity contribution in [1.29, 1.82) is 0 Å². The molecule has 0 fully saturated rings. The summed E-state index contributed by atoms with van der Waals surface area (Å²) in [4.78, 5) is 0. The van der Waals surface area contributed by atoms with Crippen molar-refractivity contribution in [2.24, 2.45) is 0 Å². The molecular weight excluding hydrogens is 637 g/mol. The Labute approximate surface area is 220 Å². The topological polar surface area (TPSA) is 0 Å². The van der Waals surface area contributed by atoms with E-state index in [9.17, 15) is 0 Å². The van der Waals surface area contributed by atoms with Gasteiger partial charge in [0.15, 0.2) is 0 Å². The molecule has 164 valence electrons. The van der Waals surface area contributed by atoms with Gasteiger partial charge < -0.3 is 0 Å². The van der Waals surface area contributed by atoms with Crippen LogP contribution in [0.25, 0.3) is 21.5 Å². The third-order valence-electron chi connectivity index (χ3n) is 5.49. The second kappa shape index (κ2) is 11.5. The molecular formula is C24H20As2Cl2S4. The van der Waals surface area contributed by atoms with Crippen LogP contribution in [0.3, 0.4) is 0 Å². The Hall–Kier alpha value is 0.497. The van der Waals surface area contributed by atoms with Crippen molar-refractivity contribution in [3.8, 4) is 0 Å². The molecule has 0 nitrogen and oxygen atoms in total. The first-order valence-electron chi connectivity index (χ1n) is 10.1. The van der Waals surface area contributed by atoms with Gasteiger partial charge in [0.25, 0.3) is 0 Å². The van der Waals surface area contributed by atoms with Crippen LogP contribution in [0.15, 0.2) is 72.8 Å². The van der Waals surface area contributed by atoms with Gasteiger partial charge in [0.2, 0.25) is 0 Å². The molecule has 0 atom stereocenters. The zero-order valence-electron chi connectivity index (χ0n) is 17.0. The Balaban J connectivity index is 1.49. The van der Waals surface area contributed by atoms with E-state index in [1.165, 1.54) is 43.8 Å². The molecule has 0 unspecified atom stereocenters. The van der Waals surface area contributed by atoms with Gasteiger partial charge in [0.1, 0.15) is 0 Å². The van der Waals surface area contributed by atoms with E-state index in [0.29, 0.717) is 0 Å². The first kappa shape index (κ1) is 24.2.